The minimum atomic E-state index is -0.0669. The zero-order valence-corrected chi connectivity index (χ0v) is 11.4. The summed E-state index contributed by atoms with van der Waals surface area (Å²) >= 11 is 0. The molecule has 0 aromatic heterocycles. The summed E-state index contributed by atoms with van der Waals surface area (Å²) < 4.78 is 17.5. The van der Waals surface area contributed by atoms with E-state index in [1.165, 1.54) is 51.4 Å². The molecule has 0 aromatic rings. The summed E-state index contributed by atoms with van der Waals surface area (Å²) in [6.45, 7) is 4.90. The van der Waals surface area contributed by atoms with E-state index in [1.54, 1.807) is 0 Å². The highest BCUT2D eigenvalue weighted by atomic mass is 16.7. The minimum absolute atomic E-state index is 0.0669. The Morgan fingerprint density at radius 3 is 1.83 bits per heavy atom. The van der Waals surface area contributed by atoms with Crippen LogP contribution in [0.5, 0.6) is 0 Å². The Morgan fingerprint density at radius 1 is 0.889 bits per heavy atom. The summed E-state index contributed by atoms with van der Waals surface area (Å²) in [5, 5.41) is 0. The van der Waals surface area contributed by atoms with Crippen molar-refractivity contribution in [3.8, 4) is 0 Å². The van der Waals surface area contributed by atoms with Crippen LogP contribution in [-0.2, 0) is 14.2 Å². The molecule has 2 rings (SSSR count). The van der Waals surface area contributed by atoms with E-state index in [2.05, 4.69) is 6.92 Å². The van der Waals surface area contributed by atoms with Crippen molar-refractivity contribution in [2.45, 2.75) is 76.3 Å². The normalized spacial score (nSPS) is 22.3. The number of hydrogen-bond acceptors (Lipinski definition) is 3. The molecule has 0 N–H and O–H groups in total. The van der Waals surface area contributed by atoms with Crippen molar-refractivity contribution < 1.29 is 14.2 Å². The molecule has 0 amide bonds. The summed E-state index contributed by atoms with van der Waals surface area (Å²) in [5.74, 6) is 0. The lowest BCUT2D eigenvalue weighted by atomic mass is 10.3. The summed E-state index contributed by atoms with van der Waals surface area (Å²) in [5.41, 5.74) is 0. The van der Waals surface area contributed by atoms with Crippen LogP contribution in [0.25, 0.3) is 0 Å². The maximum Gasteiger partial charge on any atom is 0.160 e. The Hall–Kier alpha value is -0.120. The van der Waals surface area contributed by atoms with Gasteiger partial charge < -0.3 is 14.2 Å². The summed E-state index contributed by atoms with van der Waals surface area (Å²) in [4.78, 5) is 0. The lowest BCUT2D eigenvalue weighted by Crippen LogP contribution is -2.28. The average molecular weight is 255 g/mol. The van der Waals surface area contributed by atoms with Crippen molar-refractivity contribution in [3.63, 3.8) is 0 Å². The van der Waals surface area contributed by atoms with Crippen LogP contribution in [0.3, 0.4) is 0 Å². The molecule has 0 unspecified atom stereocenters. The van der Waals surface area contributed by atoms with Crippen LogP contribution in [0.1, 0.15) is 57.8 Å². The highest BCUT2D eigenvalue weighted by molar-refractivity contribution is 4.70. The van der Waals surface area contributed by atoms with Crippen LogP contribution in [0, 0.1) is 6.92 Å². The fourth-order valence-electron chi connectivity index (χ4n) is 2.93. The molecular formula is C15H27O3. The molecule has 2 saturated carbocycles. The number of ether oxygens (including phenoxy) is 3. The topological polar surface area (TPSA) is 27.7 Å². The molecule has 0 atom stereocenters. The van der Waals surface area contributed by atoms with Gasteiger partial charge in [0.1, 0.15) is 0 Å². The molecule has 2 aliphatic rings. The molecule has 3 heteroatoms. The SMILES string of the molecule is [CH2]COCCC(OC1CCCC1)OC1CCCC1. The predicted octanol–water partition coefficient (Wildman–Crippen LogP) is 3.47. The molecule has 0 heterocycles. The Balaban J connectivity index is 1.72. The largest absolute Gasteiger partial charge is 0.381 e. The molecule has 2 aliphatic carbocycles. The molecule has 0 bridgehead atoms. The Kier molecular flexibility index (Phi) is 6.46. The zero-order valence-electron chi connectivity index (χ0n) is 11.4. The summed E-state index contributed by atoms with van der Waals surface area (Å²) in [6, 6.07) is 0. The molecule has 0 aromatic carbocycles. The van der Waals surface area contributed by atoms with E-state index >= 15 is 0 Å². The van der Waals surface area contributed by atoms with Gasteiger partial charge in [0.15, 0.2) is 6.29 Å². The van der Waals surface area contributed by atoms with Crippen molar-refractivity contribution in [1.82, 2.24) is 0 Å². The van der Waals surface area contributed by atoms with Crippen molar-refractivity contribution >= 4 is 0 Å². The van der Waals surface area contributed by atoms with E-state index in [0.717, 1.165) is 6.42 Å². The van der Waals surface area contributed by atoms with Crippen molar-refractivity contribution in [3.05, 3.63) is 6.92 Å². The first-order valence-electron chi connectivity index (χ1n) is 7.56. The van der Waals surface area contributed by atoms with Crippen LogP contribution < -0.4 is 0 Å². The molecule has 18 heavy (non-hydrogen) atoms. The van der Waals surface area contributed by atoms with Gasteiger partial charge in [0.05, 0.1) is 18.8 Å². The quantitative estimate of drug-likeness (QED) is 0.491. The van der Waals surface area contributed by atoms with Crippen LogP contribution in [0.4, 0.5) is 0 Å². The number of rotatable bonds is 8. The Morgan fingerprint density at radius 2 is 1.39 bits per heavy atom. The van der Waals surface area contributed by atoms with Gasteiger partial charge in [-0.15, -0.1) is 0 Å². The molecule has 3 nitrogen and oxygen atoms in total. The third-order valence-electron chi connectivity index (χ3n) is 3.94. The predicted molar refractivity (Wildman–Crippen MR) is 71.3 cm³/mol. The molecule has 0 saturated heterocycles. The van der Waals surface area contributed by atoms with Crippen molar-refractivity contribution in [2.24, 2.45) is 0 Å². The van der Waals surface area contributed by atoms with Gasteiger partial charge in [-0.3, -0.25) is 0 Å². The smallest absolute Gasteiger partial charge is 0.160 e. The minimum Gasteiger partial charge on any atom is -0.381 e. The molecule has 2 fully saturated rings. The first-order chi connectivity index (χ1) is 8.88. The lowest BCUT2D eigenvalue weighted by Gasteiger charge is -2.25. The molecular weight excluding hydrogens is 228 g/mol. The van der Waals surface area contributed by atoms with Crippen molar-refractivity contribution in [2.75, 3.05) is 13.2 Å². The zero-order chi connectivity index (χ0) is 12.6. The first-order valence-corrected chi connectivity index (χ1v) is 7.56. The van der Waals surface area contributed by atoms with Gasteiger partial charge >= 0.3 is 0 Å². The maximum absolute atomic E-state index is 6.10. The monoisotopic (exact) mass is 255 g/mol. The molecule has 105 valence electrons. The fourth-order valence-corrected chi connectivity index (χ4v) is 2.93. The van der Waals surface area contributed by atoms with Gasteiger partial charge in [0.25, 0.3) is 0 Å². The van der Waals surface area contributed by atoms with Gasteiger partial charge in [-0.05, 0) is 32.6 Å². The third kappa shape index (κ3) is 4.87. The van der Waals surface area contributed by atoms with Crippen LogP contribution in [-0.4, -0.2) is 31.7 Å². The van der Waals surface area contributed by atoms with Crippen molar-refractivity contribution in [1.29, 1.82) is 0 Å². The average Bonchev–Trinajstić information content (AvgIpc) is 3.02. The van der Waals surface area contributed by atoms with E-state index in [9.17, 15) is 0 Å². The fraction of sp³-hybridized carbons (Fsp3) is 0.933. The number of hydrogen-bond donors (Lipinski definition) is 0. The van der Waals surface area contributed by atoms with Crippen LogP contribution >= 0.6 is 0 Å². The second kappa shape index (κ2) is 8.13. The van der Waals surface area contributed by atoms with E-state index in [0.29, 0.717) is 25.4 Å². The highest BCUT2D eigenvalue weighted by Gasteiger charge is 2.25. The van der Waals surface area contributed by atoms with Gasteiger partial charge in [-0.1, -0.05) is 25.7 Å². The van der Waals surface area contributed by atoms with E-state index < -0.39 is 0 Å². The first kappa shape index (κ1) is 14.3. The van der Waals surface area contributed by atoms with E-state index in [4.69, 9.17) is 14.2 Å². The third-order valence-corrected chi connectivity index (χ3v) is 3.94. The molecule has 1 radical (unpaired) electrons. The van der Waals surface area contributed by atoms with Gasteiger partial charge in [-0.25, -0.2) is 0 Å². The van der Waals surface area contributed by atoms with Gasteiger partial charge in [-0.2, -0.15) is 0 Å². The molecule has 0 aliphatic heterocycles. The van der Waals surface area contributed by atoms with E-state index in [1.807, 2.05) is 0 Å². The maximum atomic E-state index is 6.10. The van der Waals surface area contributed by atoms with E-state index in [-0.39, 0.29) is 6.29 Å². The second-order valence-corrected chi connectivity index (χ2v) is 5.42. The second-order valence-electron chi connectivity index (χ2n) is 5.42. The Bertz CT molecular complexity index is 190. The summed E-state index contributed by atoms with van der Waals surface area (Å²) in [7, 11) is 0. The van der Waals surface area contributed by atoms with Crippen LogP contribution in [0.15, 0.2) is 0 Å². The lowest BCUT2D eigenvalue weighted by molar-refractivity contribution is -0.198. The Labute approximate surface area is 111 Å². The summed E-state index contributed by atoms with van der Waals surface area (Å²) in [6.07, 6.45) is 11.6. The van der Waals surface area contributed by atoms with Gasteiger partial charge in [0, 0.05) is 13.0 Å². The van der Waals surface area contributed by atoms with Crippen LogP contribution in [0.2, 0.25) is 0 Å². The molecule has 0 spiro atoms. The standard InChI is InChI=1S/C15H27O3/c1-2-16-12-11-15(17-13-7-3-4-8-13)18-14-9-5-6-10-14/h13-15H,1-12H2. The van der Waals surface area contributed by atoms with Gasteiger partial charge in [0.2, 0.25) is 0 Å². The highest BCUT2D eigenvalue weighted by Crippen LogP contribution is 2.27.